The van der Waals surface area contributed by atoms with Crippen LogP contribution in [0.3, 0.4) is 0 Å². The molecule has 6 heteroatoms. The number of likely N-dealkylation sites (tertiary alicyclic amines) is 2. The summed E-state index contributed by atoms with van der Waals surface area (Å²) in [7, 11) is 0. The van der Waals surface area contributed by atoms with Gasteiger partial charge in [-0.1, -0.05) is 13.8 Å². The van der Waals surface area contributed by atoms with Crippen LogP contribution in [-0.4, -0.2) is 64.0 Å². The summed E-state index contributed by atoms with van der Waals surface area (Å²) in [6.45, 7) is 7.44. The number of hydrogen-bond acceptors (Lipinski definition) is 4. The number of carbonyl (C=O) groups excluding carboxylic acids is 2. The van der Waals surface area contributed by atoms with Crippen LogP contribution in [0.5, 0.6) is 0 Å². The van der Waals surface area contributed by atoms with Crippen LogP contribution >= 0.6 is 0 Å². The largest absolute Gasteiger partial charge is 0.391 e. The molecule has 2 fully saturated rings. The fraction of sp³-hybridized carbons (Fsp3) is 0.857. The first kappa shape index (κ1) is 15.3. The Morgan fingerprint density at radius 2 is 1.85 bits per heavy atom. The molecule has 0 aromatic rings. The molecule has 6 nitrogen and oxygen atoms in total. The Kier molecular flexibility index (Phi) is 4.07. The molecule has 2 aliphatic heterocycles. The number of primary amides is 1. The van der Waals surface area contributed by atoms with Gasteiger partial charge in [0.15, 0.2) is 0 Å². The van der Waals surface area contributed by atoms with Gasteiger partial charge in [-0.15, -0.1) is 0 Å². The molecule has 2 amide bonds. The molecule has 0 aromatic heterocycles. The van der Waals surface area contributed by atoms with Crippen molar-refractivity contribution in [1.82, 2.24) is 9.80 Å². The van der Waals surface area contributed by atoms with Crippen molar-refractivity contribution in [3.05, 3.63) is 0 Å². The number of carbonyl (C=O) groups is 2. The molecular formula is C14H25N3O3. The van der Waals surface area contributed by atoms with E-state index in [1.165, 1.54) is 0 Å². The standard InChI is InChI=1S/C14H25N3O3/c1-9(2)13(20)17-6-4-5-14(17)7-16(8-14)11(10(3)18)12(15)19/h9-11,18H,4-8H2,1-3H3,(H2,15,19)/t10-,11+/m1/s1. The molecular weight excluding hydrogens is 258 g/mol. The first-order chi connectivity index (χ1) is 9.28. The van der Waals surface area contributed by atoms with Crippen LogP contribution < -0.4 is 5.73 Å². The van der Waals surface area contributed by atoms with E-state index in [9.17, 15) is 14.7 Å². The van der Waals surface area contributed by atoms with Crippen LogP contribution in [0.4, 0.5) is 0 Å². The van der Waals surface area contributed by atoms with Gasteiger partial charge in [-0.2, -0.15) is 0 Å². The molecule has 0 aromatic carbocycles. The highest BCUT2D eigenvalue weighted by atomic mass is 16.3. The maximum atomic E-state index is 12.3. The summed E-state index contributed by atoms with van der Waals surface area (Å²) in [5.74, 6) is -0.341. The lowest BCUT2D eigenvalue weighted by molar-refractivity contribution is -0.152. The van der Waals surface area contributed by atoms with Gasteiger partial charge in [0.05, 0.1) is 11.6 Å². The third-order valence-electron chi connectivity index (χ3n) is 4.49. The first-order valence-corrected chi connectivity index (χ1v) is 7.31. The highest BCUT2D eigenvalue weighted by Crippen LogP contribution is 2.39. The number of amides is 2. The van der Waals surface area contributed by atoms with Gasteiger partial charge in [-0.3, -0.25) is 14.5 Å². The van der Waals surface area contributed by atoms with Gasteiger partial charge in [-0.25, -0.2) is 0 Å². The second kappa shape index (κ2) is 5.33. The summed E-state index contributed by atoms with van der Waals surface area (Å²) in [5.41, 5.74) is 5.21. The van der Waals surface area contributed by atoms with E-state index < -0.39 is 18.1 Å². The highest BCUT2D eigenvalue weighted by Gasteiger charge is 2.54. The van der Waals surface area contributed by atoms with Gasteiger partial charge in [0.2, 0.25) is 11.8 Å². The van der Waals surface area contributed by atoms with E-state index in [4.69, 9.17) is 5.73 Å². The van der Waals surface area contributed by atoms with Crippen LogP contribution in [0.1, 0.15) is 33.6 Å². The Morgan fingerprint density at radius 3 is 2.30 bits per heavy atom. The van der Waals surface area contributed by atoms with Crippen molar-refractivity contribution in [3.63, 3.8) is 0 Å². The molecule has 0 saturated carbocycles. The Balaban J connectivity index is 2.06. The van der Waals surface area contributed by atoms with Crippen LogP contribution in [0, 0.1) is 5.92 Å². The monoisotopic (exact) mass is 283 g/mol. The predicted octanol–water partition coefficient (Wildman–Crippen LogP) is -0.446. The number of aliphatic hydroxyl groups excluding tert-OH is 1. The molecule has 2 atom stereocenters. The third kappa shape index (κ3) is 2.42. The predicted molar refractivity (Wildman–Crippen MR) is 74.8 cm³/mol. The molecule has 1 spiro atoms. The summed E-state index contributed by atoms with van der Waals surface area (Å²) in [4.78, 5) is 27.6. The van der Waals surface area contributed by atoms with E-state index in [0.717, 1.165) is 19.4 Å². The minimum atomic E-state index is -0.791. The number of aliphatic hydroxyl groups is 1. The van der Waals surface area contributed by atoms with Gasteiger partial charge in [0.1, 0.15) is 6.04 Å². The smallest absolute Gasteiger partial charge is 0.237 e. The van der Waals surface area contributed by atoms with E-state index in [1.54, 1.807) is 6.92 Å². The molecule has 0 bridgehead atoms. The summed E-state index contributed by atoms with van der Waals surface area (Å²) in [5, 5.41) is 9.69. The van der Waals surface area contributed by atoms with Crippen molar-refractivity contribution >= 4 is 11.8 Å². The van der Waals surface area contributed by atoms with Gasteiger partial charge < -0.3 is 15.7 Å². The van der Waals surface area contributed by atoms with Crippen molar-refractivity contribution < 1.29 is 14.7 Å². The van der Waals surface area contributed by atoms with E-state index in [0.29, 0.717) is 13.1 Å². The van der Waals surface area contributed by atoms with E-state index >= 15 is 0 Å². The average Bonchev–Trinajstić information content (AvgIpc) is 2.70. The summed E-state index contributed by atoms with van der Waals surface area (Å²) < 4.78 is 0. The lowest BCUT2D eigenvalue weighted by Crippen LogP contribution is -2.73. The van der Waals surface area contributed by atoms with E-state index in [2.05, 4.69) is 0 Å². The maximum absolute atomic E-state index is 12.3. The van der Waals surface area contributed by atoms with Crippen molar-refractivity contribution in [2.24, 2.45) is 11.7 Å². The average molecular weight is 283 g/mol. The Hall–Kier alpha value is -1.14. The second-order valence-corrected chi connectivity index (χ2v) is 6.47. The normalized spacial score (nSPS) is 24.8. The van der Waals surface area contributed by atoms with Gasteiger partial charge in [0, 0.05) is 25.6 Å². The second-order valence-electron chi connectivity index (χ2n) is 6.47. The van der Waals surface area contributed by atoms with Crippen LogP contribution in [0.25, 0.3) is 0 Å². The number of rotatable bonds is 4. The molecule has 2 saturated heterocycles. The number of hydrogen-bond donors (Lipinski definition) is 2. The zero-order valence-corrected chi connectivity index (χ0v) is 12.5. The topological polar surface area (TPSA) is 86.9 Å². The molecule has 20 heavy (non-hydrogen) atoms. The number of nitrogens with two attached hydrogens (primary N) is 1. The molecule has 114 valence electrons. The fourth-order valence-corrected chi connectivity index (χ4v) is 3.55. The van der Waals surface area contributed by atoms with Gasteiger partial charge >= 0.3 is 0 Å². The fourth-order valence-electron chi connectivity index (χ4n) is 3.55. The van der Waals surface area contributed by atoms with Gasteiger partial charge in [-0.05, 0) is 19.8 Å². The summed E-state index contributed by atoms with van der Waals surface area (Å²) >= 11 is 0. The van der Waals surface area contributed by atoms with Crippen LogP contribution in [0.15, 0.2) is 0 Å². The van der Waals surface area contributed by atoms with Crippen molar-refractivity contribution in [3.8, 4) is 0 Å². The highest BCUT2D eigenvalue weighted by molar-refractivity contribution is 5.81. The number of nitrogens with zero attached hydrogens (tertiary/aromatic N) is 2. The molecule has 2 rings (SSSR count). The molecule has 0 radical (unpaired) electrons. The Bertz CT molecular complexity index is 402. The molecule has 3 N–H and O–H groups in total. The lowest BCUT2D eigenvalue weighted by Gasteiger charge is -2.55. The van der Waals surface area contributed by atoms with Crippen molar-refractivity contribution in [2.75, 3.05) is 19.6 Å². The Labute approximate surface area is 119 Å². The Morgan fingerprint density at radius 1 is 1.25 bits per heavy atom. The minimum Gasteiger partial charge on any atom is -0.391 e. The van der Waals surface area contributed by atoms with E-state index in [1.807, 2.05) is 23.6 Å². The molecule has 2 aliphatic rings. The first-order valence-electron chi connectivity index (χ1n) is 7.31. The zero-order chi connectivity index (χ0) is 15.1. The molecule has 2 heterocycles. The van der Waals surface area contributed by atoms with E-state index in [-0.39, 0.29) is 17.4 Å². The molecule has 0 aliphatic carbocycles. The SMILES string of the molecule is CC(C)C(=O)N1CCCC12CN([C@H](C(N)=O)[C@@H](C)O)C2. The molecule has 0 unspecified atom stereocenters. The van der Waals surface area contributed by atoms with Crippen LogP contribution in [0.2, 0.25) is 0 Å². The lowest BCUT2D eigenvalue weighted by atomic mass is 9.84. The summed E-state index contributed by atoms with van der Waals surface area (Å²) in [6, 6.07) is -0.655. The maximum Gasteiger partial charge on any atom is 0.237 e. The summed E-state index contributed by atoms with van der Waals surface area (Å²) in [6.07, 6.45) is 1.18. The minimum absolute atomic E-state index is 0.0114. The quantitative estimate of drug-likeness (QED) is 0.732. The zero-order valence-electron chi connectivity index (χ0n) is 12.5. The van der Waals surface area contributed by atoms with Crippen molar-refractivity contribution in [1.29, 1.82) is 0 Å². The van der Waals surface area contributed by atoms with Gasteiger partial charge in [0.25, 0.3) is 0 Å². The van der Waals surface area contributed by atoms with Crippen molar-refractivity contribution in [2.45, 2.75) is 51.3 Å². The third-order valence-corrected chi connectivity index (χ3v) is 4.49. The van der Waals surface area contributed by atoms with Crippen LogP contribution in [-0.2, 0) is 9.59 Å².